The van der Waals surface area contributed by atoms with Crippen molar-refractivity contribution in [2.45, 2.75) is 19.8 Å². The number of carbonyl (C=O) groups is 1. The molecular weight excluding hydrogens is 232 g/mol. The van der Waals surface area contributed by atoms with Gasteiger partial charge >= 0.3 is 0 Å². The summed E-state index contributed by atoms with van der Waals surface area (Å²) in [6, 6.07) is 4.02. The van der Waals surface area contributed by atoms with Gasteiger partial charge in [0.25, 0.3) is 0 Å². The van der Waals surface area contributed by atoms with Crippen LogP contribution in [0.3, 0.4) is 0 Å². The number of carbonyl (C=O) groups excluding carboxylic acids is 1. The fourth-order valence-electron chi connectivity index (χ4n) is 2.36. The average molecular weight is 252 g/mol. The Bertz CT molecular complexity index is 364. The van der Waals surface area contributed by atoms with Gasteiger partial charge in [0, 0.05) is 18.0 Å². The van der Waals surface area contributed by atoms with Gasteiger partial charge in [-0.1, -0.05) is 13.0 Å². The van der Waals surface area contributed by atoms with Gasteiger partial charge < -0.3 is 10.6 Å². The van der Waals surface area contributed by atoms with Gasteiger partial charge in [-0.05, 0) is 36.2 Å². The van der Waals surface area contributed by atoms with Crippen molar-refractivity contribution in [1.82, 2.24) is 4.90 Å². The number of nitrogens with two attached hydrogens (primary N) is 1. The summed E-state index contributed by atoms with van der Waals surface area (Å²) in [6.45, 7) is 4.65. The Hall–Kier alpha value is -0.870. The Morgan fingerprint density at radius 1 is 1.65 bits per heavy atom. The highest BCUT2D eigenvalue weighted by atomic mass is 32.1. The van der Waals surface area contributed by atoms with Crippen molar-refractivity contribution in [2.24, 2.45) is 17.6 Å². The number of thiophene rings is 1. The second-order valence-corrected chi connectivity index (χ2v) is 5.89. The van der Waals surface area contributed by atoms with Crippen LogP contribution in [0.5, 0.6) is 0 Å². The number of nitrogens with zero attached hydrogens (tertiary/aromatic N) is 1. The first kappa shape index (κ1) is 12.6. The highest BCUT2D eigenvalue weighted by Gasteiger charge is 2.27. The Labute approximate surface area is 107 Å². The first-order chi connectivity index (χ1) is 8.20. The molecule has 2 atom stereocenters. The Kier molecular flexibility index (Phi) is 4.18. The fourth-order valence-corrected chi connectivity index (χ4v) is 3.05. The molecule has 2 N–H and O–H groups in total. The Balaban J connectivity index is 1.91. The lowest BCUT2D eigenvalue weighted by Gasteiger charge is -2.36. The van der Waals surface area contributed by atoms with Crippen LogP contribution in [0.15, 0.2) is 17.5 Å². The predicted octanol–water partition coefficient (Wildman–Crippen LogP) is 1.73. The van der Waals surface area contributed by atoms with Crippen LogP contribution >= 0.6 is 11.3 Å². The van der Waals surface area contributed by atoms with Crippen molar-refractivity contribution in [3.63, 3.8) is 0 Å². The van der Waals surface area contributed by atoms with Crippen molar-refractivity contribution in [3.05, 3.63) is 22.4 Å². The van der Waals surface area contributed by atoms with E-state index in [2.05, 4.69) is 6.92 Å². The van der Waals surface area contributed by atoms with Gasteiger partial charge in [0.05, 0.1) is 6.42 Å². The summed E-state index contributed by atoms with van der Waals surface area (Å²) in [5, 5.41) is 2.02. The Morgan fingerprint density at radius 2 is 2.47 bits per heavy atom. The van der Waals surface area contributed by atoms with E-state index in [-0.39, 0.29) is 5.91 Å². The SMILES string of the molecule is CC1CCN(C(=O)Cc2cccs2)CC1CN. The van der Waals surface area contributed by atoms with E-state index in [1.54, 1.807) is 11.3 Å². The van der Waals surface area contributed by atoms with Crippen molar-refractivity contribution in [1.29, 1.82) is 0 Å². The maximum atomic E-state index is 12.1. The quantitative estimate of drug-likeness (QED) is 0.890. The number of hydrogen-bond acceptors (Lipinski definition) is 3. The normalized spacial score (nSPS) is 24.9. The minimum Gasteiger partial charge on any atom is -0.342 e. The minimum atomic E-state index is 0.248. The summed E-state index contributed by atoms with van der Waals surface area (Å²) < 4.78 is 0. The van der Waals surface area contributed by atoms with E-state index in [4.69, 9.17) is 5.73 Å². The van der Waals surface area contributed by atoms with E-state index in [9.17, 15) is 4.79 Å². The highest BCUT2D eigenvalue weighted by molar-refractivity contribution is 7.10. The third-order valence-electron chi connectivity index (χ3n) is 3.68. The molecule has 2 rings (SSSR count). The largest absolute Gasteiger partial charge is 0.342 e. The molecule has 1 aromatic heterocycles. The molecule has 1 fully saturated rings. The molecule has 2 heterocycles. The topological polar surface area (TPSA) is 46.3 Å². The molecule has 0 aliphatic carbocycles. The number of hydrogen-bond donors (Lipinski definition) is 1. The summed E-state index contributed by atoms with van der Waals surface area (Å²) in [5.74, 6) is 1.36. The van der Waals surface area contributed by atoms with Crippen LogP contribution < -0.4 is 5.73 Å². The van der Waals surface area contributed by atoms with Gasteiger partial charge in [-0.15, -0.1) is 11.3 Å². The van der Waals surface area contributed by atoms with Crippen molar-refractivity contribution in [3.8, 4) is 0 Å². The smallest absolute Gasteiger partial charge is 0.227 e. The monoisotopic (exact) mass is 252 g/mol. The molecule has 0 spiro atoms. The third-order valence-corrected chi connectivity index (χ3v) is 4.55. The average Bonchev–Trinajstić information content (AvgIpc) is 2.82. The van der Waals surface area contributed by atoms with Gasteiger partial charge in [-0.25, -0.2) is 0 Å². The standard InChI is InChI=1S/C13H20N2OS/c1-10-4-5-15(9-11(10)8-14)13(16)7-12-3-2-6-17-12/h2-3,6,10-11H,4-5,7-9,14H2,1H3. The molecule has 0 saturated carbocycles. The molecule has 1 aromatic rings. The lowest BCUT2D eigenvalue weighted by Crippen LogP contribution is -2.45. The maximum Gasteiger partial charge on any atom is 0.227 e. The number of piperidine rings is 1. The first-order valence-corrected chi connectivity index (χ1v) is 7.09. The number of rotatable bonds is 3. The molecule has 0 radical (unpaired) electrons. The lowest BCUT2D eigenvalue weighted by atomic mass is 9.87. The summed E-state index contributed by atoms with van der Waals surface area (Å²) >= 11 is 1.65. The van der Waals surface area contributed by atoms with E-state index in [1.165, 1.54) is 0 Å². The molecule has 1 saturated heterocycles. The van der Waals surface area contributed by atoms with E-state index in [1.807, 2.05) is 22.4 Å². The zero-order valence-corrected chi connectivity index (χ0v) is 11.1. The van der Waals surface area contributed by atoms with Crippen LogP contribution in [0.4, 0.5) is 0 Å². The second-order valence-electron chi connectivity index (χ2n) is 4.86. The van der Waals surface area contributed by atoms with Gasteiger partial charge in [0.2, 0.25) is 5.91 Å². The minimum absolute atomic E-state index is 0.248. The van der Waals surface area contributed by atoms with Crippen molar-refractivity contribution < 1.29 is 4.79 Å². The summed E-state index contributed by atoms with van der Waals surface area (Å²) in [5.41, 5.74) is 5.76. The molecule has 17 heavy (non-hydrogen) atoms. The molecule has 2 unspecified atom stereocenters. The number of likely N-dealkylation sites (tertiary alicyclic amines) is 1. The zero-order valence-electron chi connectivity index (χ0n) is 10.3. The maximum absolute atomic E-state index is 12.1. The molecule has 3 nitrogen and oxygen atoms in total. The highest BCUT2D eigenvalue weighted by Crippen LogP contribution is 2.23. The summed E-state index contributed by atoms with van der Waals surface area (Å²) in [7, 11) is 0. The Morgan fingerprint density at radius 3 is 3.12 bits per heavy atom. The van der Waals surface area contributed by atoms with Gasteiger partial charge in [-0.3, -0.25) is 4.79 Å². The number of amides is 1. The van der Waals surface area contributed by atoms with Crippen molar-refractivity contribution in [2.75, 3.05) is 19.6 Å². The molecule has 0 aromatic carbocycles. The van der Waals surface area contributed by atoms with Gasteiger partial charge in [-0.2, -0.15) is 0 Å². The van der Waals surface area contributed by atoms with Crippen LogP contribution in [0.1, 0.15) is 18.2 Å². The van der Waals surface area contributed by atoms with Crippen molar-refractivity contribution >= 4 is 17.2 Å². The van der Waals surface area contributed by atoms with Gasteiger partial charge in [0.15, 0.2) is 0 Å². The van der Waals surface area contributed by atoms with Crippen LogP contribution in [-0.4, -0.2) is 30.4 Å². The molecule has 94 valence electrons. The lowest BCUT2D eigenvalue weighted by molar-refractivity contribution is -0.132. The summed E-state index contributed by atoms with van der Waals surface area (Å²) in [4.78, 5) is 15.3. The third kappa shape index (κ3) is 3.07. The predicted molar refractivity (Wildman–Crippen MR) is 70.9 cm³/mol. The first-order valence-electron chi connectivity index (χ1n) is 6.21. The molecule has 1 amide bonds. The van der Waals surface area contributed by atoms with Gasteiger partial charge in [0.1, 0.15) is 0 Å². The molecule has 4 heteroatoms. The van der Waals surface area contributed by atoms with Crippen LogP contribution in [0, 0.1) is 11.8 Å². The van der Waals surface area contributed by atoms with E-state index < -0.39 is 0 Å². The molecule has 1 aliphatic rings. The van der Waals surface area contributed by atoms with Crippen LogP contribution in [0.25, 0.3) is 0 Å². The molecule has 0 bridgehead atoms. The summed E-state index contributed by atoms with van der Waals surface area (Å²) in [6.07, 6.45) is 1.63. The van der Waals surface area contributed by atoms with Crippen LogP contribution in [0.2, 0.25) is 0 Å². The van der Waals surface area contributed by atoms with E-state index >= 15 is 0 Å². The van der Waals surface area contributed by atoms with Crippen LogP contribution in [-0.2, 0) is 11.2 Å². The fraction of sp³-hybridized carbons (Fsp3) is 0.615. The van der Waals surface area contributed by atoms with E-state index in [0.29, 0.717) is 24.8 Å². The zero-order chi connectivity index (χ0) is 12.3. The van der Waals surface area contributed by atoms with E-state index in [0.717, 1.165) is 24.4 Å². The second kappa shape index (κ2) is 5.65. The molecular formula is C13H20N2OS. The molecule has 1 aliphatic heterocycles.